The molecule has 33 heavy (non-hydrogen) atoms. The molecule has 1 aromatic heterocycles. The van der Waals surface area contributed by atoms with Crippen molar-refractivity contribution < 1.29 is 9.90 Å². The van der Waals surface area contributed by atoms with Gasteiger partial charge in [-0.05, 0) is 62.5 Å². The predicted octanol–water partition coefficient (Wildman–Crippen LogP) is 6.92. The smallest absolute Gasteiger partial charge is 0.259 e. The van der Waals surface area contributed by atoms with E-state index < -0.39 is 5.91 Å². The monoisotopic (exact) mass is 458 g/mol. The van der Waals surface area contributed by atoms with Crippen LogP contribution in [-0.2, 0) is 6.54 Å². The first-order valence-corrected chi connectivity index (χ1v) is 11.5. The van der Waals surface area contributed by atoms with Crippen LogP contribution in [0.25, 0.3) is 10.8 Å². The van der Waals surface area contributed by atoms with E-state index in [1.807, 2.05) is 62.5 Å². The van der Waals surface area contributed by atoms with Crippen molar-refractivity contribution in [3.05, 3.63) is 81.7 Å². The van der Waals surface area contributed by atoms with Gasteiger partial charge in [0.25, 0.3) is 5.91 Å². The average Bonchev–Trinajstić information content (AvgIpc) is 3.06. The zero-order chi connectivity index (χ0) is 23.5. The summed E-state index contributed by atoms with van der Waals surface area (Å²) in [6.45, 7) is 6.76. The van der Waals surface area contributed by atoms with Gasteiger partial charge in [-0.25, -0.2) is 0 Å². The van der Waals surface area contributed by atoms with Crippen molar-refractivity contribution in [3.63, 3.8) is 0 Å². The number of rotatable bonds is 6. The summed E-state index contributed by atoms with van der Waals surface area (Å²) < 4.78 is 0. The van der Waals surface area contributed by atoms with Gasteiger partial charge in [-0.1, -0.05) is 36.4 Å². The maximum Gasteiger partial charge on any atom is 0.259 e. The van der Waals surface area contributed by atoms with Gasteiger partial charge in [0.05, 0.1) is 5.56 Å². The highest BCUT2D eigenvalue weighted by Crippen LogP contribution is 2.41. The molecule has 0 unspecified atom stereocenters. The second-order valence-corrected chi connectivity index (χ2v) is 9.17. The lowest BCUT2D eigenvalue weighted by atomic mass is 10.0. The van der Waals surface area contributed by atoms with Crippen LogP contribution >= 0.6 is 11.3 Å². The molecule has 0 saturated carbocycles. The third kappa shape index (κ3) is 4.65. The van der Waals surface area contributed by atoms with Crippen molar-refractivity contribution in [2.75, 3.05) is 12.4 Å². The molecule has 0 aliphatic heterocycles. The summed E-state index contributed by atoms with van der Waals surface area (Å²) in [7, 11) is 1.89. The molecule has 4 rings (SSSR count). The molecule has 0 atom stereocenters. The Labute approximate surface area is 197 Å². The van der Waals surface area contributed by atoms with Crippen LogP contribution in [0.5, 0.6) is 5.75 Å². The number of phenols is 1. The number of hydrogen-bond donors (Lipinski definition) is 3. The first kappa shape index (κ1) is 22.6. The molecule has 0 radical (unpaired) electrons. The standard InChI is InChI=1S/C26H26N4O2S/c1-15-8-7-10-19(12-15)28-25(32)21-13-18-9-5-6-11-20(18)23(24(21)31)29-30-26-22(14-27-4)16(2)17(3)33-26/h5-13,27,31H,14H2,1-4H3,(H,28,32). The molecule has 0 spiro atoms. The summed E-state index contributed by atoms with van der Waals surface area (Å²) in [4.78, 5) is 14.2. The number of aryl methyl sites for hydroxylation is 2. The molecule has 4 aromatic rings. The molecule has 0 aliphatic carbocycles. The molecule has 6 nitrogen and oxygen atoms in total. The summed E-state index contributed by atoms with van der Waals surface area (Å²) in [6.07, 6.45) is 0. The van der Waals surface area contributed by atoms with Crippen LogP contribution in [0.4, 0.5) is 16.4 Å². The Hall–Kier alpha value is -3.55. The zero-order valence-corrected chi connectivity index (χ0v) is 19.9. The lowest BCUT2D eigenvalue weighted by molar-refractivity contribution is 0.102. The van der Waals surface area contributed by atoms with E-state index in [0.717, 1.165) is 26.9 Å². The van der Waals surface area contributed by atoms with Gasteiger partial charge in [-0.3, -0.25) is 4.79 Å². The first-order chi connectivity index (χ1) is 15.9. The Balaban J connectivity index is 1.79. The number of aromatic hydroxyl groups is 1. The predicted molar refractivity (Wildman–Crippen MR) is 135 cm³/mol. The van der Waals surface area contributed by atoms with Gasteiger partial charge in [0.1, 0.15) is 10.7 Å². The first-order valence-electron chi connectivity index (χ1n) is 10.7. The van der Waals surface area contributed by atoms with Crippen molar-refractivity contribution in [1.82, 2.24) is 5.32 Å². The SMILES string of the molecule is CNCc1c(N=Nc2c(O)c(C(=O)Nc3cccc(C)c3)cc3ccccc23)sc(C)c1C. The maximum absolute atomic E-state index is 13.1. The number of azo groups is 1. The van der Waals surface area contributed by atoms with Gasteiger partial charge in [0.2, 0.25) is 0 Å². The number of carbonyl (C=O) groups excluding carboxylic acids is 1. The zero-order valence-electron chi connectivity index (χ0n) is 19.1. The average molecular weight is 459 g/mol. The number of nitrogens with one attached hydrogen (secondary N) is 2. The Bertz CT molecular complexity index is 1370. The third-order valence-corrected chi connectivity index (χ3v) is 6.73. The van der Waals surface area contributed by atoms with Gasteiger partial charge in [-0.15, -0.1) is 21.6 Å². The Kier molecular flexibility index (Phi) is 6.53. The van der Waals surface area contributed by atoms with E-state index in [1.54, 1.807) is 17.4 Å². The Morgan fingerprint density at radius 1 is 1.03 bits per heavy atom. The molecule has 0 aliphatic rings. The molecule has 1 amide bonds. The van der Waals surface area contributed by atoms with Crippen molar-refractivity contribution in [1.29, 1.82) is 0 Å². The molecule has 0 saturated heterocycles. The molecule has 168 valence electrons. The highest BCUT2D eigenvalue weighted by molar-refractivity contribution is 7.16. The Morgan fingerprint density at radius 2 is 1.82 bits per heavy atom. The molecule has 3 N–H and O–H groups in total. The normalized spacial score (nSPS) is 11.4. The largest absolute Gasteiger partial charge is 0.505 e. The summed E-state index contributed by atoms with van der Waals surface area (Å²) >= 11 is 1.56. The fourth-order valence-electron chi connectivity index (χ4n) is 3.73. The van der Waals surface area contributed by atoms with E-state index in [-0.39, 0.29) is 17.0 Å². The summed E-state index contributed by atoms with van der Waals surface area (Å²) in [5, 5.41) is 28.4. The minimum Gasteiger partial charge on any atom is -0.505 e. The quantitative estimate of drug-likeness (QED) is 0.274. The molecular weight excluding hydrogens is 432 g/mol. The van der Waals surface area contributed by atoms with Gasteiger partial charge in [-0.2, -0.15) is 0 Å². The molecular formula is C26H26N4O2S. The van der Waals surface area contributed by atoms with Gasteiger partial charge < -0.3 is 15.7 Å². The van der Waals surface area contributed by atoms with Crippen LogP contribution in [0.3, 0.4) is 0 Å². The van der Waals surface area contributed by atoms with Gasteiger partial charge >= 0.3 is 0 Å². The lowest BCUT2D eigenvalue weighted by Crippen LogP contribution is -2.12. The van der Waals surface area contributed by atoms with Crippen molar-refractivity contribution >= 4 is 44.4 Å². The highest BCUT2D eigenvalue weighted by Gasteiger charge is 2.19. The van der Waals surface area contributed by atoms with E-state index in [4.69, 9.17) is 0 Å². The second kappa shape index (κ2) is 9.52. The fourth-order valence-corrected chi connectivity index (χ4v) is 4.73. The van der Waals surface area contributed by atoms with E-state index in [2.05, 4.69) is 34.7 Å². The highest BCUT2D eigenvalue weighted by atomic mass is 32.1. The van der Waals surface area contributed by atoms with Crippen molar-refractivity contribution in [2.45, 2.75) is 27.3 Å². The van der Waals surface area contributed by atoms with Crippen LogP contribution in [-0.4, -0.2) is 18.1 Å². The maximum atomic E-state index is 13.1. The fraction of sp³-hybridized carbons (Fsp3) is 0.192. The number of anilines is 1. The number of amides is 1. The molecule has 1 heterocycles. The molecule has 0 bridgehead atoms. The van der Waals surface area contributed by atoms with Crippen molar-refractivity contribution in [3.8, 4) is 5.75 Å². The van der Waals surface area contributed by atoms with E-state index >= 15 is 0 Å². The minimum absolute atomic E-state index is 0.151. The number of carbonyl (C=O) groups is 1. The third-order valence-electron chi connectivity index (χ3n) is 5.60. The number of hydrogen-bond acceptors (Lipinski definition) is 6. The Morgan fingerprint density at radius 3 is 2.58 bits per heavy atom. The summed E-state index contributed by atoms with van der Waals surface area (Å²) in [5.41, 5.74) is 4.39. The van der Waals surface area contributed by atoms with Gasteiger partial charge in [0, 0.05) is 28.1 Å². The van der Waals surface area contributed by atoms with E-state index in [9.17, 15) is 9.90 Å². The van der Waals surface area contributed by atoms with E-state index in [0.29, 0.717) is 12.2 Å². The minimum atomic E-state index is -0.404. The van der Waals surface area contributed by atoms with Crippen LogP contribution in [0.2, 0.25) is 0 Å². The number of fused-ring (bicyclic) bond motifs is 1. The van der Waals surface area contributed by atoms with Crippen LogP contribution < -0.4 is 10.6 Å². The topological polar surface area (TPSA) is 86.1 Å². The summed E-state index contributed by atoms with van der Waals surface area (Å²) in [5.74, 6) is -0.596. The van der Waals surface area contributed by atoms with E-state index in [1.165, 1.54) is 10.4 Å². The van der Waals surface area contributed by atoms with Crippen LogP contribution in [0.15, 0.2) is 64.8 Å². The second-order valence-electron chi connectivity index (χ2n) is 7.96. The summed E-state index contributed by atoms with van der Waals surface area (Å²) in [6, 6.07) is 16.7. The molecule has 7 heteroatoms. The van der Waals surface area contributed by atoms with Crippen LogP contribution in [0.1, 0.15) is 31.9 Å². The lowest BCUT2D eigenvalue weighted by Gasteiger charge is -2.11. The van der Waals surface area contributed by atoms with Crippen LogP contribution in [0, 0.1) is 20.8 Å². The molecule has 0 fully saturated rings. The number of benzene rings is 3. The number of phenolic OH excluding ortho intramolecular Hbond substituents is 1. The van der Waals surface area contributed by atoms with Crippen molar-refractivity contribution in [2.24, 2.45) is 10.2 Å². The number of nitrogens with zero attached hydrogens (tertiary/aromatic N) is 2. The van der Waals surface area contributed by atoms with Gasteiger partial charge in [0.15, 0.2) is 5.75 Å². The number of thiophene rings is 1. The molecule has 3 aromatic carbocycles.